The molecular weight excluding hydrogens is 172 g/mol. The summed E-state index contributed by atoms with van der Waals surface area (Å²) in [5.74, 6) is 0.984. The Kier molecular flexibility index (Phi) is 1.58. The molecule has 1 heterocycles. The number of benzene rings is 1. The molecule has 0 fully saturated rings. The van der Waals surface area contributed by atoms with Crippen LogP contribution >= 0.6 is 11.6 Å². The summed E-state index contributed by atoms with van der Waals surface area (Å²) in [6.07, 6.45) is 0. The largest absolute Gasteiger partial charge is 0.330 e. The van der Waals surface area contributed by atoms with E-state index in [1.54, 1.807) is 0 Å². The van der Waals surface area contributed by atoms with Crippen molar-refractivity contribution < 1.29 is 0 Å². The fourth-order valence-corrected chi connectivity index (χ4v) is 1.63. The zero-order valence-corrected chi connectivity index (χ0v) is 7.76. The van der Waals surface area contributed by atoms with Crippen LogP contribution in [0.2, 0.25) is 5.02 Å². The third-order valence-corrected chi connectivity index (χ3v) is 2.37. The van der Waals surface area contributed by atoms with Crippen LogP contribution < -0.4 is 0 Å². The van der Waals surface area contributed by atoms with E-state index in [1.165, 1.54) is 0 Å². The van der Waals surface area contributed by atoms with E-state index in [1.807, 2.05) is 36.7 Å². The van der Waals surface area contributed by atoms with E-state index < -0.39 is 0 Å². The van der Waals surface area contributed by atoms with Gasteiger partial charge in [-0.2, -0.15) is 0 Å². The number of rotatable bonds is 0. The van der Waals surface area contributed by atoms with E-state index in [-0.39, 0.29) is 0 Å². The first-order valence-electron chi connectivity index (χ1n) is 3.77. The van der Waals surface area contributed by atoms with E-state index >= 15 is 0 Å². The molecule has 0 N–H and O–H groups in total. The molecule has 2 nitrogen and oxygen atoms in total. The van der Waals surface area contributed by atoms with Crippen LogP contribution in [0.1, 0.15) is 5.82 Å². The molecule has 0 radical (unpaired) electrons. The molecule has 0 saturated carbocycles. The van der Waals surface area contributed by atoms with Crippen LogP contribution in [0, 0.1) is 6.92 Å². The summed E-state index contributed by atoms with van der Waals surface area (Å²) in [6.45, 7) is 1.97. The van der Waals surface area contributed by atoms with Crippen LogP contribution in [0.15, 0.2) is 18.2 Å². The van der Waals surface area contributed by atoms with E-state index in [0.29, 0.717) is 0 Å². The summed E-state index contributed by atoms with van der Waals surface area (Å²) in [5.41, 5.74) is 1.97. The maximum Gasteiger partial charge on any atom is 0.106 e. The average Bonchev–Trinajstić information content (AvgIpc) is 2.29. The van der Waals surface area contributed by atoms with Crippen molar-refractivity contribution in [3.05, 3.63) is 29.0 Å². The van der Waals surface area contributed by atoms with Crippen molar-refractivity contribution in [3.8, 4) is 0 Å². The molecule has 1 aromatic carbocycles. The summed E-state index contributed by atoms with van der Waals surface area (Å²) in [4.78, 5) is 4.35. The summed E-state index contributed by atoms with van der Waals surface area (Å²) in [6, 6.07) is 5.76. The highest BCUT2D eigenvalue weighted by Gasteiger charge is 2.05. The Morgan fingerprint density at radius 2 is 2.17 bits per heavy atom. The monoisotopic (exact) mass is 180 g/mol. The quantitative estimate of drug-likeness (QED) is 0.609. The lowest BCUT2D eigenvalue weighted by Gasteiger charge is -1.97. The molecule has 2 rings (SSSR count). The lowest BCUT2D eigenvalue weighted by Crippen LogP contribution is -1.90. The molecule has 1 aromatic heterocycles. The number of imidazole rings is 1. The van der Waals surface area contributed by atoms with Crippen molar-refractivity contribution in [1.82, 2.24) is 9.55 Å². The smallest absolute Gasteiger partial charge is 0.106 e. The minimum Gasteiger partial charge on any atom is -0.330 e. The van der Waals surface area contributed by atoms with E-state index in [4.69, 9.17) is 11.6 Å². The van der Waals surface area contributed by atoms with E-state index in [9.17, 15) is 0 Å². The number of halogens is 1. The number of para-hydroxylation sites is 1. The lowest BCUT2D eigenvalue weighted by atomic mass is 10.3. The van der Waals surface area contributed by atoms with Crippen LogP contribution in [0.25, 0.3) is 11.0 Å². The molecule has 2 aromatic rings. The molecule has 3 heteroatoms. The molecule has 0 saturated heterocycles. The van der Waals surface area contributed by atoms with Crippen molar-refractivity contribution in [2.75, 3.05) is 0 Å². The van der Waals surface area contributed by atoms with Gasteiger partial charge in [-0.05, 0) is 19.1 Å². The Labute approximate surface area is 75.8 Å². The number of aryl methyl sites for hydroxylation is 2. The maximum atomic E-state index is 6.01. The molecule has 0 aliphatic carbocycles. The zero-order valence-electron chi connectivity index (χ0n) is 7.00. The van der Waals surface area contributed by atoms with Crippen molar-refractivity contribution in [1.29, 1.82) is 0 Å². The van der Waals surface area contributed by atoms with Crippen LogP contribution in [-0.2, 0) is 7.05 Å². The number of aromatic nitrogens is 2. The van der Waals surface area contributed by atoms with Gasteiger partial charge < -0.3 is 4.57 Å². The maximum absolute atomic E-state index is 6.01. The molecule has 0 bridgehead atoms. The Hall–Kier alpha value is -1.02. The minimum atomic E-state index is 0.760. The summed E-state index contributed by atoms with van der Waals surface area (Å²) >= 11 is 6.01. The molecule has 62 valence electrons. The number of fused-ring (bicyclic) bond motifs is 1. The molecule has 0 atom stereocenters. The van der Waals surface area contributed by atoms with Gasteiger partial charge in [0.1, 0.15) is 5.82 Å². The number of nitrogens with zero attached hydrogens (tertiary/aromatic N) is 2. The third kappa shape index (κ3) is 0.916. The number of hydrogen-bond acceptors (Lipinski definition) is 1. The SMILES string of the molecule is Cc1nc2cccc(Cl)c2n1C. The van der Waals surface area contributed by atoms with Gasteiger partial charge in [-0.1, -0.05) is 17.7 Å². The molecule has 12 heavy (non-hydrogen) atoms. The van der Waals surface area contributed by atoms with Crippen molar-refractivity contribution in [2.45, 2.75) is 6.92 Å². The molecular formula is C9H9ClN2. The third-order valence-electron chi connectivity index (χ3n) is 2.07. The molecule has 0 spiro atoms. The van der Waals surface area contributed by atoms with Gasteiger partial charge in [0.2, 0.25) is 0 Å². The van der Waals surface area contributed by atoms with Gasteiger partial charge >= 0.3 is 0 Å². The highest BCUT2D eigenvalue weighted by molar-refractivity contribution is 6.34. The van der Waals surface area contributed by atoms with E-state index in [2.05, 4.69) is 4.98 Å². The van der Waals surface area contributed by atoms with Crippen LogP contribution in [0.4, 0.5) is 0 Å². The van der Waals surface area contributed by atoms with Gasteiger partial charge in [0.05, 0.1) is 16.1 Å². The highest BCUT2D eigenvalue weighted by atomic mass is 35.5. The van der Waals surface area contributed by atoms with Crippen LogP contribution in [0.3, 0.4) is 0 Å². The lowest BCUT2D eigenvalue weighted by molar-refractivity contribution is 0.886. The first-order chi connectivity index (χ1) is 5.70. The summed E-state index contributed by atoms with van der Waals surface area (Å²) < 4.78 is 2.00. The molecule has 0 aliphatic heterocycles. The molecule has 0 aliphatic rings. The highest BCUT2D eigenvalue weighted by Crippen LogP contribution is 2.22. The van der Waals surface area contributed by atoms with Crippen molar-refractivity contribution >= 4 is 22.6 Å². The Bertz CT molecular complexity index is 431. The van der Waals surface area contributed by atoms with E-state index in [0.717, 1.165) is 21.9 Å². The minimum absolute atomic E-state index is 0.760. The molecule has 0 unspecified atom stereocenters. The fourth-order valence-electron chi connectivity index (χ4n) is 1.34. The van der Waals surface area contributed by atoms with Gasteiger partial charge in [-0.15, -0.1) is 0 Å². The van der Waals surface area contributed by atoms with Crippen molar-refractivity contribution in [2.24, 2.45) is 7.05 Å². The topological polar surface area (TPSA) is 17.8 Å². The predicted octanol–water partition coefficient (Wildman–Crippen LogP) is 2.54. The Morgan fingerprint density at radius 3 is 2.83 bits per heavy atom. The van der Waals surface area contributed by atoms with Gasteiger partial charge in [-0.3, -0.25) is 0 Å². The second kappa shape index (κ2) is 2.49. The molecule has 0 amide bonds. The fraction of sp³-hybridized carbons (Fsp3) is 0.222. The summed E-state index contributed by atoms with van der Waals surface area (Å²) in [5, 5.41) is 0.760. The van der Waals surface area contributed by atoms with Gasteiger partial charge in [0, 0.05) is 7.05 Å². The van der Waals surface area contributed by atoms with Gasteiger partial charge in [0.25, 0.3) is 0 Å². The van der Waals surface area contributed by atoms with Gasteiger partial charge in [-0.25, -0.2) is 4.98 Å². The Balaban J connectivity index is 2.97. The number of hydrogen-bond donors (Lipinski definition) is 0. The first-order valence-corrected chi connectivity index (χ1v) is 4.15. The Morgan fingerprint density at radius 1 is 1.42 bits per heavy atom. The van der Waals surface area contributed by atoms with Crippen LogP contribution in [0.5, 0.6) is 0 Å². The standard InChI is InChI=1S/C9H9ClN2/c1-6-11-8-5-3-4-7(10)9(8)12(6)2/h3-5H,1-2H3. The second-order valence-corrected chi connectivity index (χ2v) is 3.23. The van der Waals surface area contributed by atoms with Crippen molar-refractivity contribution in [3.63, 3.8) is 0 Å². The summed E-state index contributed by atoms with van der Waals surface area (Å²) in [7, 11) is 1.97. The van der Waals surface area contributed by atoms with Gasteiger partial charge in [0.15, 0.2) is 0 Å². The van der Waals surface area contributed by atoms with Crippen LogP contribution in [-0.4, -0.2) is 9.55 Å². The zero-order chi connectivity index (χ0) is 8.72. The predicted molar refractivity (Wildman–Crippen MR) is 50.5 cm³/mol. The average molecular weight is 181 g/mol. The first kappa shape index (κ1) is 7.62. The normalized spacial score (nSPS) is 10.9. The second-order valence-electron chi connectivity index (χ2n) is 2.83.